The van der Waals surface area contributed by atoms with Gasteiger partial charge in [0.25, 0.3) is 0 Å². The summed E-state index contributed by atoms with van der Waals surface area (Å²) < 4.78 is 0. The Bertz CT molecular complexity index is 683. The second-order valence-corrected chi connectivity index (χ2v) is 6.02. The SMILES string of the molecule is CCCC(=O)/C(C)=C/c1ccc(CCc2ccccc2C)cn1. The van der Waals surface area contributed by atoms with E-state index < -0.39 is 0 Å². The maximum Gasteiger partial charge on any atom is 0.158 e. The van der Waals surface area contributed by atoms with Gasteiger partial charge < -0.3 is 0 Å². The monoisotopic (exact) mass is 307 g/mol. The molecule has 2 nitrogen and oxygen atoms in total. The van der Waals surface area contributed by atoms with E-state index in [1.807, 2.05) is 32.2 Å². The van der Waals surface area contributed by atoms with E-state index in [0.717, 1.165) is 30.5 Å². The molecular weight excluding hydrogens is 282 g/mol. The Kier molecular flexibility index (Phi) is 6.28. The summed E-state index contributed by atoms with van der Waals surface area (Å²) in [5.41, 5.74) is 5.59. The van der Waals surface area contributed by atoms with E-state index in [1.165, 1.54) is 16.7 Å². The van der Waals surface area contributed by atoms with E-state index in [4.69, 9.17) is 0 Å². The van der Waals surface area contributed by atoms with Crippen LogP contribution in [0.1, 0.15) is 49.1 Å². The molecule has 0 aliphatic rings. The minimum absolute atomic E-state index is 0.206. The Balaban J connectivity index is 1.98. The van der Waals surface area contributed by atoms with Crippen LogP contribution in [-0.2, 0) is 17.6 Å². The van der Waals surface area contributed by atoms with Crippen LogP contribution in [-0.4, -0.2) is 10.8 Å². The van der Waals surface area contributed by atoms with Crippen molar-refractivity contribution in [3.8, 4) is 0 Å². The van der Waals surface area contributed by atoms with Crippen LogP contribution in [0.5, 0.6) is 0 Å². The highest BCUT2D eigenvalue weighted by Crippen LogP contribution is 2.13. The molecule has 2 aromatic rings. The number of hydrogen-bond acceptors (Lipinski definition) is 2. The van der Waals surface area contributed by atoms with Gasteiger partial charge in [-0.25, -0.2) is 0 Å². The van der Waals surface area contributed by atoms with Gasteiger partial charge in [-0.1, -0.05) is 37.3 Å². The van der Waals surface area contributed by atoms with Crippen molar-refractivity contribution in [1.82, 2.24) is 4.98 Å². The van der Waals surface area contributed by atoms with E-state index in [-0.39, 0.29) is 5.78 Å². The van der Waals surface area contributed by atoms with Crippen molar-refractivity contribution >= 4 is 11.9 Å². The lowest BCUT2D eigenvalue weighted by atomic mass is 10.0. The highest BCUT2D eigenvalue weighted by atomic mass is 16.1. The number of pyridine rings is 1. The zero-order valence-electron chi connectivity index (χ0n) is 14.3. The summed E-state index contributed by atoms with van der Waals surface area (Å²) in [5, 5.41) is 0. The van der Waals surface area contributed by atoms with Crippen molar-refractivity contribution in [1.29, 1.82) is 0 Å². The van der Waals surface area contributed by atoms with Crippen LogP contribution < -0.4 is 0 Å². The van der Waals surface area contributed by atoms with E-state index in [1.54, 1.807) is 0 Å². The number of hydrogen-bond donors (Lipinski definition) is 0. The second-order valence-electron chi connectivity index (χ2n) is 6.02. The van der Waals surface area contributed by atoms with Crippen LogP contribution in [0.2, 0.25) is 0 Å². The third-order valence-corrected chi connectivity index (χ3v) is 4.07. The normalized spacial score (nSPS) is 11.5. The molecule has 0 saturated heterocycles. The van der Waals surface area contributed by atoms with Gasteiger partial charge in [0, 0.05) is 12.6 Å². The summed E-state index contributed by atoms with van der Waals surface area (Å²) in [6, 6.07) is 12.6. The third-order valence-electron chi connectivity index (χ3n) is 4.07. The maximum absolute atomic E-state index is 11.8. The van der Waals surface area contributed by atoms with Gasteiger partial charge in [-0.2, -0.15) is 0 Å². The highest BCUT2D eigenvalue weighted by Gasteiger charge is 2.04. The average Bonchev–Trinajstić information content (AvgIpc) is 2.55. The lowest BCUT2D eigenvalue weighted by Crippen LogP contribution is -1.99. The number of rotatable bonds is 7. The summed E-state index contributed by atoms with van der Waals surface area (Å²) in [5.74, 6) is 0.206. The molecule has 0 spiro atoms. The standard InChI is InChI=1S/C21H25NO/c1-4-7-21(23)17(3)14-20-13-11-18(15-22-20)10-12-19-9-6-5-8-16(19)2/h5-6,8-9,11,13-15H,4,7,10,12H2,1-3H3/b17-14+. The van der Waals surface area contributed by atoms with Gasteiger partial charge in [-0.05, 0) is 67.5 Å². The summed E-state index contributed by atoms with van der Waals surface area (Å²) in [6.07, 6.45) is 7.30. The van der Waals surface area contributed by atoms with Crippen molar-refractivity contribution in [2.24, 2.45) is 0 Å². The molecule has 1 aromatic carbocycles. The molecule has 0 bridgehead atoms. The van der Waals surface area contributed by atoms with Crippen molar-refractivity contribution < 1.29 is 4.79 Å². The smallest absolute Gasteiger partial charge is 0.158 e. The van der Waals surface area contributed by atoms with Gasteiger partial charge in [0.15, 0.2) is 5.78 Å². The number of allylic oxidation sites excluding steroid dienone is 1. The Hall–Kier alpha value is -2.22. The molecule has 0 aliphatic carbocycles. The molecule has 1 heterocycles. The predicted molar refractivity (Wildman–Crippen MR) is 96.4 cm³/mol. The summed E-state index contributed by atoms with van der Waals surface area (Å²) in [7, 11) is 0. The van der Waals surface area contributed by atoms with Gasteiger partial charge in [0.1, 0.15) is 0 Å². The van der Waals surface area contributed by atoms with Crippen molar-refractivity contribution in [3.63, 3.8) is 0 Å². The van der Waals surface area contributed by atoms with Crippen LogP contribution in [0.4, 0.5) is 0 Å². The summed E-state index contributed by atoms with van der Waals surface area (Å²) in [6.45, 7) is 6.04. The average molecular weight is 307 g/mol. The van der Waals surface area contributed by atoms with Gasteiger partial charge in [0.05, 0.1) is 5.69 Å². The number of benzene rings is 1. The number of carbonyl (C=O) groups excluding carboxylic acids is 1. The highest BCUT2D eigenvalue weighted by molar-refractivity contribution is 5.98. The fraction of sp³-hybridized carbons (Fsp3) is 0.333. The molecule has 0 unspecified atom stereocenters. The molecule has 0 saturated carbocycles. The first-order valence-electron chi connectivity index (χ1n) is 8.31. The van der Waals surface area contributed by atoms with Crippen LogP contribution in [0.25, 0.3) is 6.08 Å². The number of aromatic nitrogens is 1. The van der Waals surface area contributed by atoms with Gasteiger partial charge in [0.2, 0.25) is 0 Å². The minimum Gasteiger partial charge on any atom is -0.295 e. The van der Waals surface area contributed by atoms with Crippen molar-refractivity contribution in [2.75, 3.05) is 0 Å². The largest absolute Gasteiger partial charge is 0.295 e. The predicted octanol–water partition coefficient (Wildman–Crippen LogP) is 4.95. The first-order chi connectivity index (χ1) is 11.1. The molecule has 23 heavy (non-hydrogen) atoms. The molecule has 0 fully saturated rings. The Morgan fingerprint density at radius 2 is 1.91 bits per heavy atom. The Morgan fingerprint density at radius 3 is 2.57 bits per heavy atom. The maximum atomic E-state index is 11.8. The van der Waals surface area contributed by atoms with Crippen molar-refractivity contribution in [3.05, 3.63) is 70.6 Å². The molecule has 0 aliphatic heterocycles. The van der Waals surface area contributed by atoms with E-state index >= 15 is 0 Å². The lowest BCUT2D eigenvalue weighted by molar-refractivity contribution is -0.115. The molecule has 0 atom stereocenters. The Morgan fingerprint density at radius 1 is 1.13 bits per heavy atom. The van der Waals surface area contributed by atoms with Crippen LogP contribution in [0.15, 0.2) is 48.2 Å². The van der Waals surface area contributed by atoms with E-state index in [2.05, 4.69) is 42.2 Å². The van der Waals surface area contributed by atoms with Crippen LogP contribution in [0.3, 0.4) is 0 Å². The first kappa shape index (κ1) is 17.1. The van der Waals surface area contributed by atoms with Gasteiger partial charge in [-0.15, -0.1) is 0 Å². The fourth-order valence-corrected chi connectivity index (χ4v) is 2.57. The lowest BCUT2D eigenvalue weighted by Gasteiger charge is -2.06. The zero-order chi connectivity index (χ0) is 16.7. The summed E-state index contributed by atoms with van der Waals surface area (Å²) >= 11 is 0. The molecule has 2 rings (SSSR count). The molecule has 0 N–H and O–H groups in total. The number of Topliss-reactive ketones (excluding diaryl/α,β-unsaturated/α-hetero) is 1. The van der Waals surface area contributed by atoms with E-state index in [9.17, 15) is 4.79 Å². The molecule has 1 aromatic heterocycles. The quantitative estimate of drug-likeness (QED) is 0.678. The molecule has 0 radical (unpaired) electrons. The number of ketones is 1. The summed E-state index contributed by atoms with van der Waals surface area (Å²) in [4.78, 5) is 16.3. The van der Waals surface area contributed by atoms with E-state index in [0.29, 0.717) is 6.42 Å². The molecular formula is C21H25NO. The molecule has 0 amide bonds. The molecule has 2 heteroatoms. The topological polar surface area (TPSA) is 30.0 Å². The third kappa shape index (κ3) is 5.17. The second kappa shape index (κ2) is 8.42. The van der Waals surface area contributed by atoms with Gasteiger partial charge in [-0.3, -0.25) is 9.78 Å². The fourth-order valence-electron chi connectivity index (χ4n) is 2.57. The first-order valence-corrected chi connectivity index (χ1v) is 8.31. The Labute approximate surface area is 139 Å². The van der Waals surface area contributed by atoms with Crippen molar-refractivity contribution in [2.45, 2.75) is 46.5 Å². The van der Waals surface area contributed by atoms with Crippen LogP contribution in [0, 0.1) is 6.92 Å². The molecule has 120 valence electrons. The number of carbonyl (C=O) groups is 1. The zero-order valence-corrected chi connectivity index (χ0v) is 14.3. The number of nitrogens with zero attached hydrogens (tertiary/aromatic N) is 1. The number of aryl methyl sites for hydroxylation is 3. The van der Waals surface area contributed by atoms with Crippen LogP contribution >= 0.6 is 0 Å². The minimum atomic E-state index is 0.206. The van der Waals surface area contributed by atoms with Gasteiger partial charge >= 0.3 is 0 Å².